The molecule has 2 aliphatic rings. The van der Waals surface area contributed by atoms with Crippen molar-refractivity contribution in [2.45, 2.75) is 52.5 Å². The van der Waals surface area contributed by atoms with Crippen molar-refractivity contribution < 1.29 is 4.79 Å². The third-order valence-corrected chi connectivity index (χ3v) is 5.11. The molecule has 0 amide bonds. The lowest BCUT2D eigenvalue weighted by atomic mass is 9.89. The van der Waals surface area contributed by atoms with Gasteiger partial charge in [-0.25, -0.2) is 0 Å². The third kappa shape index (κ3) is 3.38. The third-order valence-electron chi connectivity index (χ3n) is 5.11. The van der Waals surface area contributed by atoms with E-state index in [-0.39, 0.29) is 11.3 Å². The SMILES string of the molecule is CCC1CN(C)CCCN1CC1CCC(C)(C)C1=O. The average molecular weight is 266 g/mol. The number of hydrogen-bond donors (Lipinski definition) is 0. The van der Waals surface area contributed by atoms with Crippen LogP contribution in [0.3, 0.4) is 0 Å². The fourth-order valence-electron chi connectivity index (χ4n) is 3.72. The Balaban J connectivity index is 1.99. The minimum Gasteiger partial charge on any atom is -0.305 e. The van der Waals surface area contributed by atoms with Gasteiger partial charge >= 0.3 is 0 Å². The molecule has 0 radical (unpaired) electrons. The van der Waals surface area contributed by atoms with Crippen LogP contribution in [0.25, 0.3) is 0 Å². The number of hydrogen-bond acceptors (Lipinski definition) is 3. The minimum atomic E-state index is -0.0744. The maximum Gasteiger partial charge on any atom is 0.142 e. The summed E-state index contributed by atoms with van der Waals surface area (Å²) in [4.78, 5) is 17.4. The summed E-state index contributed by atoms with van der Waals surface area (Å²) >= 11 is 0. The highest BCUT2D eigenvalue weighted by molar-refractivity contribution is 5.88. The number of ketones is 1. The lowest BCUT2D eigenvalue weighted by Gasteiger charge is -2.32. The Labute approximate surface area is 118 Å². The second-order valence-corrected chi connectivity index (χ2v) is 7.16. The quantitative estimate of drug-likeness (QED) is 0.784. The second-order valence-electron chi connectivity index (χ2n) is 7.16. The van der Waals surface area contributed by atoms with Gasteiger partial charge in [0.05, 0.1) is 0 Å². The topological polar surface area (TPSA) is 23.6 Å². The van der Waals surface area contributed by atoms with E-state index in [1.54, 1.807) is 0 Å². The van der Waals surface area contributed by atoms with Crippen molar-refractivity contribution in [3.8, 4) is 0 Å². The molecule has 3 nitrogen and oxygen atoms in total. The summed E-state index contributed by atoms with van der Waals surface area (Å²) in [6.07, 6.45) is 4.58. The molecule has 1 heterocycles. The maximum atomic E-state index is 12.4. The van der Waals surface area contributed by atoms with Crippen LogP contribution in [-0.2, 0) is 4.79 Å². The molecule has 110 valence electrons. The largest absolute Gasteiger partial charge is 0.305 e. The summed E-state index contributed by atoms with van der Waals surface area (Å²) in [6.45, 7) is 11.0. The van der Waals surface area contributed by atoms with Crippen LogP contribution >= 0.6 is 0 Å². The van der Waals surface area contributed by atoms with Gasteiger partial charge in [0, 0.05) is 30.5 Å². The summed E-state index contributed by atoms with van der Waals surface area (Å²) in [7, 11) is 2.22. The monoisotopic (exact) mass is 266 g/mol. The number of rotatable bonds is 3. The number of nitrogens with zero attached hydrogens (tertiary/aromatic N) is 2. The standard InChI is InChI=1S/C16H30N2O/c1-5-14-12-17(4)9-6-10-18(14)11-13-7-8-16(2,3)15(13)19/h13-14H,5-12H2,1-4H3. The molecule has 2 atom stereocenters. The molecule has 3 heteroatoms. The Hall–Kier alpha value is -0.410. The first-order valence-electron chi connectivity index (χ1n) is 7.91. The van der Waals surface area contributed by atoms with E-state index >= 15 is 0 Å². The van der Waals surface area contributed by atoms with Crippen molar-refractivity contribution in [3.63, 3.8) is 0 Å². The normalized spacial score (nSPS) is 33.6. The van der Waals surface area contributed by atoms with Crippen LogP contribution in [0.15, 0.2) is 0 Å². The molecular formula is C16H30N2O. The Morgan fingerprint density at radius 3 is 2.63 bits per heavy atom. The Kier molecular flexibility index (Phi) is 4.67. The van der Waals surface area contributed by atoms with E-state index < -0.39 is 0 Å². The van der Waals surface area contributed by atoms with E-state index in [0.29, 0.717) is 11.8 Å². The van der Waals surface area contributed by atoms with Crippen LogP contribution < -0.4 is 0 Å². The van der Waals surface area contributed by atoms with Gasteiger partial charge in [-0.2, -0.15) is 0 Å². The summed E-state index contributed by atoms with van der Waals surface area (Å²) in [5, 5.41) is 0. The number of likely N-dealkylation sites (N-methyl/N-ethyl adjacent to an activating group) is 1. The molecule has 1 aliphatic carbocycles. The highest BCUT2D eigenvalue weighted by Gasteiger charge is 2.41. The smallest absolute Gasteiger partial charge is 0.142 e. The zero-order valence-electron chi connectivity index (χ0n) is 13.1. The Morgan fingerprint density at radius 2 is 2.05 bits per heavy atom. The fourth-order valence-corrected chi connectivity index (χ4v) is 3.72. The van der Waals surface area contributed by atoms with Crippen LogP contribution in [0.5, 0.6) is 0 Å². The predicted molar refractivity (Wildman–Crippen MR) is 79.3 cm³/mol. The van der Waals surface area contributed by atoms with E-state index in [1.165, 1.54) is 19.4 Å². The van der Waals surface area contributed by atoms with E-state index in [4.69, 9.17) is 0 Å². The lowest BCUT2D eigenvalue weighted by Crippen LogP contribution is -2.43. The zero-order chi connectivity index (χ0) is 14.0. The van der Waals surface area contributed by atoms with E-state index in [1.807, 2.05) is 0 Å². The molecule has 1 aliphatic heterocycles. The maximum absolute atomic E-state index is 12.4. The molecule has 2 rings (SSSR count). The van der Waals surface area contributed by atoms with Crippen molar-refractivity contribution in [2.24, 2.45) is 11.3 Å². The van der Waals surface area contributed by atoms with Crippen LogP contribution in [-0.4, -0.2) is 54.9 Å². The first kappa shape index (κ1) is 15.0. The molecular weight excluding hydrogens is 236 g/mol. The van der Waals surface area contributed by atoms with Crippen molar-refractivity contribution >= 4 is 5.78 Å². The molecule has 0 aromatic heterocycles. The van der Waals surface area contributed by atoms with Gasteiger partial charge in [0.25, 0.3) is 0 Å². The van der Waals surface area contributed by atoms with E-state index in [9.17, 15) is 4.79 Å². The molecule has 0 bridgehead atoms. The number of Topliss-reactive ketones (excluding diaryl/α,β-unsaturated/α-hetero) is 1. The minimum absolute atomic E-state index is 0.0744. The van der Waals surface area contributed by atoms with Crippen molar-refractivity contribution in [2.75, 3.05) is 33.2 Å². The van der Waals surface area contributed by atoms with Gasteiger partial charge in [0.15, 0.2) is 0 Å². The van der Waals surface area contributed by atoms with Gasteiger partial charge in [-0.05, 0) is 45.8 Å². The molecule has 0 N–H and O–H groups in total. The first-order chi connectivity index (χ1) is 8.94. The molecule has 2 unspecified atom stereocenters. The predicted octanol–water partition coefficient (Wildman–Crippen LogP) is 2.41. The number of carbonyl (C=O) groups excluding carboxylic acids is 1. The molecule has 0 aromatic carbocycles. The van der Waals surface area contributed by atoms with E-state index in [2.05, 4.69) is 37.6 Å². The summed E-state index contributed by atoms with van der Waals surface area (Å²) < 4.78 is 0. The van der Waals surface area contributed by atoms with Crippen molar-refractivity contribution in [1.29, 1.82) is 0 Å². The van der Waals surface area contributed by atoms with Crippen LogP contribution in [0.4, 0.5) is 0 Å². The second kappa shape index (κ2) is 5.92. The van der Waals surface area contributed by atoms with Crippen LogP contribution in [0.2, 0.25) is 0 Å². The Bertz CT molecular complexity index is 327. The summed E-state index contributed by atoms with van der Waals surface area (Å²) in [5.74, 6) is 0.785. The van der Waals surface area contributed by atoms with Crippen LogP contribution in [0.1, 0.15) is 46.5 Å². The van der Waals surface area contributed by atoms with Gasteiger partial charge < -0.3 is 4.90 Å². The summed E-state index contributed by atoms with van der Waals surface area (Å²) in [6, 6.07) is 0.629. The summed E-state index contributed by atoms with van der Waals surface area (Å²) in [5.41, 5.74) is -0.0744. The van der Waals surface area contributed by atoms with Gasteiger partial charge in [-0.1, -0.05) is 20.8 Å². The zero-order valence-corrected chi connectivity index (χ0v) is 13.1. The molecule has 19 heavy (non-hydrogen) atoms. The molecule has 1 saturated carbocycles. The van der Waals surface area contributed by atoms with Gasteiger partial charge in [-0.3, -0.25) is 9.69 Å². The van der Waals surface area contributed by atoms with Crippen LogP contribution in [0, 0.1) is 11.3 Å². The first-order valence-corrected chi connectivity index (χ1v) is 7.91. The van der Waals surface area contributed by atoms with Crippen molar-refractivity contribution in [1.82, 2.24) is 9.80 Å². The lowest BCUT2D eigenvalue weighted by molar-refractivity contribution is -0.128. The molecule has 2 fully saturated rings. The Morgan fingerprint density at radius 1 is 1.32 bits per heavy atom. The van der Waals surface area contributed by atoms with Gasteiger partial charge in [0.2, 0.25) is 0 Å². The molecule has 0 spiro atoms. The fraction of sp³-hybridized carbons (Fsp3) is 0.938. The van der Waals surface area contributed by atoms with Gasteiger partial charge in [-0.15, -0.1) is 0 Å². The average Bonchev–Trinajstić information content (AvgIpc) is 2.53. The highest BCUT2D eigenvalue weighted by Crippen LogP contribution is 2.38. The molecule has 1 saturated heterocycles. The van der Waals surface area contributed by atoms with Crippen molar-refractivity contribution in [3.05, 3.63) is 0 Å². The molecule has 0 aromatic rings. The highest BCUT2D eigenvalue weighted by atomic mass is 16.1. The van der Waals surface area contributed by atoms with Gasteiger partial charge in [0.1, 0.15) is 5.78 Å². The number of carbonyl (C=O) groups is 1. The van der Waals surface area contributed by atoms with E-state index in [0.717, 1.165) is 32.5 Å².